The van der Waals surface area contributed by atoms with E-state index in [1.54, 1.807) is 0 Å². The van der Waals surface area contributed by atoms with Crippen molar-refractivity contribution in [2.24, 2.45) is 0 Å². The van der Waals surface area contributed by atoms with Gasteiger partial charge in [-0.1, -0.05) is 12.1 Å². The van der Waals surface area contributed by atoms with Gasteiger partial charge in [0.2, 0.25) is 0 Å². The minimum atomic E-state index is 0.100. The molecule has 0 aliphatic carbocycles. The van der Waals surface area contributed by atoms with Crippen molar-refractivity contribution in [2.75, 3.05) is 59.0 Å². The molecule has 0 aromatic heterocycles. The van der Waals surface area contributed by atoms with Gasteiger partial charge in [-0.3, -0.25) is 9.69 Å². The number of Topliss-reactive ketones (excluding diaryl/α,β-unsaturated/α-hetero) is 1. The zero-order chi connectivity index (χ0) is 17.8. The standard InChI is InChI=1S/C19H27N3O3/c1-15-3-4-17(13-16(15)2)18(23)14-20-5-7-21(8-6-20)19(24)22-9-11-25-12-10-22/h3-4,13H,5-12,14H2,1-2H3. The first-order chi connectivity index (χ1) is 12.0. The summed E-state index contributed by atoms with van der Waals surface area (Å²) < 4.78 is 5.30. The fourth-order valence-corrected chi connectivity index (χ4v) is 3.26. The number of rotatable bonds is 3. The number of hydrogen-bond acceptors (Lipinski definition) is 4. The predicted molar refractivity (Wildman–Crippen MR) is 96.0 cm³/mol. The molecular formula is C19H27N3O3. The van der Waals surface area contributed by atoms with Gasteiger partial charge in [-0.05, 0) is 31.0 Å². The normalized spacial score (nSPS) is 19.1. The van der Waals surface area contributed by atoms with Crippen LogP contribution in [0.2, 0.25) is 0 Å². The zero-order valence-electron chi connectivity index (χ0n) is 15.2. The van der Waals surface area contributed by atoms with Crippen molar-refractivity contribution in [3.05, 3.63) is 34.9 Å². The van der Waals surface area contributed by atoms with Crippen LogP contribution in [-0.4, -0.2) is 85.5 Å². The predicted octanol–water partition coefficient (Wildman–Crippen LogP) is 1.56. The van der Waals surface area contributed by atoms with Crippen LogP contribution in [0.4, 0.5) is 4.79 Å². The lowest BCUT2D eigenvalue weighted by molar-refractivity contribution is 0.0376. The summed E-state index contributed by atoms with van der Waals surface area (Å²) in [6.45, 7) is 9.92. The van der Waals surface area contributed by atoms with Crippen LogP contribution in [0.15, 0.2) is 18.2 Å². The van der Waals surface area contributed by atoms with Crippen LogP contribution in [0.25, 0.3) is 0 Å². The van der Waals surface area contributed by atoms with E-state index in [0.29, 0.717) is 45.9 Å². The van der Waals surface area contributed by atoms with E-state index >= 15 is 0 Å². The largest absolute Gasteiger partial charge is 0.378 e. The smallest absolute Gasteiger partial charge is 0.320 e. The van der Waals surface area contributed by atoms with Crippen molar-refractivity contribution in [1.82, 2.24) is 14.7 Å². The highest BCUT2D eigenvalue weighted by molar-refractivity contribution is 5.97. The monoisotopic (exact) mass is 345 g/mol. The summed E-state index contributed by atoms with van der Waals surface area (Å²) in [5, 5.41) is 0. The van der Waals surface area contributed by atoms with Gasteiger partial charge in [-0.15, -0.1) is 0 Å². The summed E-state index contributed by atoms with van der Waals surface area (Å²) >= 11 is 0. The van der Waals surface area contributed by atoms with Gasteiger partial charge in [-0.2, -0.15) is 0 Å². The van der Waals surface area contributed by atoms with Gasteiger partial charge < -0.3 is 14.5 Å². The van der Waals surface area contributed by atoms with Gasteiger partial charge in [0.15, 0.2) is 5.78 Å². The molecule has 0 saturated carbocycles. The summed E-state index contributed by atoms with van der Waals surface area (Å²) in [5.74, 6) is 0.149. The second-order valence-electron chi connectivity index (χ2n) is 6.87. The number of ketones is 1. The highest BCUT2D eigenvalue weighted by Crippen LogP contribution is 2.12. The molecule has 2 saturated heterocycles. The van der Waals surface area contributed by atoms with E-state index in [1.165, 1.54) is 5.56 Å². The Morgan fingerprint density at radius 1 is 0.920 bits per heavy atom. The van der Waals surface area contributed by atoms with Crippen molar-refractivity contribution < 1.29 is 14.3 Å². The van der Waals surface area contributed by atoms with Crippen LogP contribution in [-0.2, 0) is 4.74 Å². The molecule has 6 heteroatoms. The van der Waals surface area contributed by atoms with Crippen LogP contribution in [0, 0.1) is 13.8 Å². The molecule has 2 heterocycles. The average molecular weight is 345 g/mol. The number of aryl methyl sites for hydroxylation is 2. The van der Waals surface area contributed by atoms with E-state index in [9.17, 15) is 9.59 Å². The Kier molecular flexibility index (Phi) is 5.71. The topological polar surface area (TPSA) is 53.1 Å². The first kappa shape index (κ1) is 17.9. The first-order valence-corrected chi connectivity index (χ1v) is 8.99. The summed E-state index contributed by atoms with van der Waals surface area (Å²) in [7, 11) is 0. The second-order valence-corrected chi connectivity index (χ2v) is 6.87. The lowest BCUT2D eigenvalue weighted by Gasteiger charge is -2.38. The second kappa shape index (κ2) is 7.97. The Balaban J connectivity index is 1.49. The van der Waals surface area contributed by atoms with Gasteiger partial charge in [-0.25, -0.2) is 4.79 Å². The van der Waals surface area contributed by atoms with Crippen molar-refractivity contribution >= 4 is 11.8 Å². The molecule has 0 N–H and O–H groups in total. The Morgan fingerprint density at radius 2 is 1.56 bits per heavy atom. The van der Waals surface area contributed by atoms with E-state index in [4.69, 9.17) is 4.74 Å². The SMILES string of the molecule is Cc1ccc(C(=O)CN2CCN(C(=O)N3CCOCC3)CC2)cc1C. The van der Waals surface area contributed by atoms with Crippen LogP contribution in [0.3, 0.4) is 0 Å². The molecule has 2 aliphatic rings. The molecule has 1 aromatic rings. The summed E-state index contributed by atoms with van der Waals surface area (Å²) in [4.78, 5) is 30.9. The van der Waals surface area contributed by atoms with Gasteiger partial charge in [0.1, 0.15) is 0 Å². The maximum atomic E-state index is 12.5. The maximum absolute atomic E-state index is 12.5. The van der Waals surface area contributed by atoms with E-state index < -0.39 is 0 Å². The van der Waals surface area contributed by atoms with Gasteiger partial charge >= 0.3 is 6.03 Å². The molecule has 2 fully saturated rings. The Hall–Kier alpha value is -1.92. The minimum Gasteiger partial charge on any atom is -0.378 e. The van der Waals surface area contributed by atoms with Crippen LogP contribution < -0.4 is 0 Å². The fourth-order valence-electron chi connectivity index (χ4n) is 3.26. The molecule has 6 nitrogen and oxygen atoms in total. The highest BCUT2D eigenvalue weighted by Gasteiger charge is 2.27. The maximum Gasteiger partial charge on any atom is 0.320 e. The molecule has 136 valence electrons. The molecule has 0 radical (unpaired) electrons. The molecule has 1 aromatic carbocycles. The highest BCUT2D eigenvalue weighted by atomic mass is 16.5. The molecule has 0 unspecified atom stereocenters. The van der Waals surface area contributed by atoms with Crippen LogP contribution >= 0.6 is 0 Å². The number of hydrogen-bond donors (Lipinski definition) is 0. The van der Waals surface area contributed by atoms with Gasteiger partial charge in [0, 0.05) is 44.8 Å². The van der Waals surface area contributed by atoms with Gasteiger partial charge in [0.05, 0.1) is 19.8 Å². The molecule has 0 spiro atoms. The Labute approximate surface area is 149 Å². The fraction of sp³-hybridized carbons (Fsp3) is 0.579. The lowest BCUT2D eigenvalue weighted by Crippen LogP contribution is -2.55. The van der Waals surface area contributed by atoms with Crippen molar-refractivity contribution in [2.45, 2.75) is 13.8 Å². The zero-order valence-corrected chi connectivity index (χ0v) is 15.2. The molecule has 25 heavy (non-hydrogen) atoms. The number of urea groups is 1. The number of amides is 2. The van der Waals surface area contributed by atoms with E-state index in [1.807, 2.05) is 41.8 Å². The third-order valence-electron chi connectivity index (χ3n) is 5.12. The summed E-state index contributed by atoms with van der Waals surface area (Å²) in [6.07, 6.45) is 0. The van der Waals surface area contributed by atoms with Crippen LogP contribution in [0.1, 0.15) is 21.5 Å². The number of carbonyl (C=O) groups is 2. The summed E-state index contributed by atoms with van der Waals surface area (Å²) in [6, 6.07) is 5.98. The average Bonchev–Trinajstić information content (AvgIpc) is 2.64. The molecular weight excluding hydrogens is 318 g/mol. The number of nitrogens with zero attached hydrogens (tertiary/aromatic N) is 3. The summed E-state index contributed by atoms with van der Waals surface area (Å²) in [5.41, 5.74) is 3.12. The quantitative estimate of drug-likeness (QED) is 0.780. The van der Waals surface area contributed by atoms with Crippen molar-refractivity contribution in [3.8, 4) is 0 Å². The lowest BCUT2D eigenvalue weighted by atomic mass is 10.0. The molecule has 2 aliphatic heterocycles. The van der Waals surface area contributed by atoms with Gasteiger partial charge in [0.25, 0.3) is 0 Å². The van der Waals surface area contributed by atoms with E-state index in [2.05, 4.69) is 4.90 Å². The Bertz CT molecular complexity index is 633. The molecule has 0 bridgehead atoms. The molecule has 3 rings (SSSR count). The minimum absolute atomic E-state index is 0.100. The molecule has 0 atom stereocenters. The number of morpholine rings is 1. The number of carbonyl (C=O) groups excluding carboxylic acids is 2. The van der Waals surface area contributed by atoms with Crippen LogP contribution in [0.5, 0.6) is 0 Å². The number of benzene rings is 1. The van der Waals surface area contributed by atoms with E-state index in [0.717, 1.165) is 24.2 Å². The third-order valence-corrected chi connectivity index (χ3v) is 5.12. The van der Waals surface area contributed by atoms with Crippen molar-refractivity contribution in [1.29, 1.82) is 0 Å². The third kappa shape index (κ3) is 4.38. The Morgan fingerprint density at radius 3 is 2.20 bits per heavy atom. The number of ether oxygens (including phenoxy) is 1. The van der Waals surface area contributed by atoms with E-state index in [-0.39, 0.29) is 11.8 Å². The number of piperazine rings is 1. The molecule has 2 amide bonds. The first-order valence-electron chi connectivity index (χ1n) is 8.99. The van der Waals surface area contributed by atoms with Crippen molar-refractivity contribution in [3.63, 3.8) is 0 Å².